The molecule has 0 spiro atoms. The molecule has 0 saturated carbocycles. The second-order valence-electron chi connectivity index (χ2n) is 5.77. The lowest BCUT2D eigenvalue weighted by atomic mass is 10.2. The first-order valence-electron chi connectivity index (χ1n) is 8.37. The maximum absolute atomic E-state index is 8.74. The van der Waals surface area contributed by atoms with E-state index < -0.39 is 10.4 Å². The third-order valence-electron chi connectivity index (χ3n) is 2.57. The number of hydrogen-bond donors (Lipinski definition) is 4. The molecule has 0 fully saturated rings. The van der Waals surface area contributed by atoms with E-state index in [1.54, 1.807) is 5.06 Å². The van der Waals surface area contributed by atoms with E-state index in [9.17, 15) is 0 Å². The number of hydrogen-bond acceptors (Lipinski definition) is 9. The molecule has 0 aliphatic carbocycles. The molecule has 1 aromatic heterocycles. The van der Waals surface area contributed by atoms with Gasteiger partial charge in [0.25, 0.3) is 5.95 Å². The highest BCUT2D eigenvalue weighted by molar-refractivity contribution is 7.79. The lowest BCUT2D eigenvalue weighted by Crippen LogP contribution is -2.24. The zero-order chi connectivity index (χ0) is 20.2. The van der Waals surface area contributed by atoms with Crippen molar-refractivity contribution >= 4 is 28.2 Å². The molecule has 1 rings (SSSR count). The molecule has 4 N–H and O–H groups in total. The lowest BCUT2D eigenvalue weighted by molar-refractivity contribution is 0.0950. The van der Waals surface area contributed by atoms with Gasteiger partial charge in [0.15, 0.2) is 0 Å². The quantitative estimate of drug-likeness (QED) is 0.340. The molecule has 0 bridgehead atoms. The average Bonchev–Trinajstić information content (AvgIpc) is 2.54. The van der Waals surface area contributed by atoms with Gasteiger partial charge in [-0.15, -0.1) is 0 Å². The summed E-state index contributed by atoms with van der Waals surface area (Å²) in [5.74, 6) is 2.09. The third-order valence-corrected chi connectivity index (χ3v) is 2.57. The van der Waals surface area contributed by atoms with Gasteiger partial charge in [-0.25, -0.2) is 5.06 Å². The predicted molar refractivity (Wildman–Crippen MR) is 101 cm³/mol. The summed E-state index contributed by atoms with van der Waals surface area (Å²) in [5, 5.41) is 7.97. The van der Waals surface area contributed by atoms with Crippen LogP contribution in [0.1, 0.15) is 40.5 Å². The largest absolute Gasteiger partial charge is 0.394 e. The molecule has 12 heteroatoms. The molecule has 0 radical (unpaired) electrons. The normalized spacial score (nSPS) is 10.9. The number of hydroxylamine groups is 1. The highest BCUT2D eigenvalue weighted by Crippen LogP contribution is 2.13. The van der Waals surface area contributed by atoms with Crippen LogP contribution in [0.2, 0.25) is 0 Å². The summed E-state index contributed by atoms with van der Waals surface area (Å²) in [6.45, 7) is 10.7. The molecular weight excluding hydrogens is 364 g/mol. The average molecular weight is 394 g/mol. The van der Waals surface area contributed by atoms with Crippen molar-refractivity contribution in [2.45, 2.75) is 40.5 Å². The van der Waals surface area contributed by atoms with E-state index in [2.05, 4.69) is 53.3 Å². The van der Waals surface area contributed by atoms with Gasteiger partial charge in [-0.05, 0) is 18.8 Å². The minimum absolute atomic E-state index is 0.449. The topological polar surface area (TPSA) is 150 Å². The van der Waals surface area contributed by atoms with Gasteiger partial charge in [0, 0.05) is 20.1 Å². The summed E-state index contributed by atoms with van der Waals surface area (Å²) in [7, 11) is -2.86. The first kappa shape index (κ1) is 24.2. The Morgan fingerprint density at radius 3 is 1.81 bits per heavy atom. The summed E-state index contributed by atoms with van der Waals surface area (Å²) in [6.07, 6.45) is 2.02. The van der Waals surface area contributed by atoms with Crippen molar-refractivity contribution in [2.24, 2.45) is 5.92 Å². The second kappa shape index (κ2) is 12.6. The van der Waals surface area contributed by atoms with Crippen LogP contribution in [0.25, 0.3) is 0 Å². The summed E-state index contributed by atoms with van der Waals surface area (Å²) in [5.41, 5.74) is 0. The first-order chi connectivity index (χ1) is 12.1. The van der Waals surface area contributed by atoms with E-state index in [-0.39, 0.29) is 0 Å². The smallest absolute Gasteiger partial charge is 0.354 e. The van der Waals surface area contributed by atoms with Crippen LogP contribution in [-0.2, 0) is 15.2 Å². The molecule has 0 aromatic carbocycles. The van der Waals surface area contributed by atoms with E-state index in [4.69, 9.17) is 22.4 Å². The Bertz CT molecular complexity index is 580. The molecule has 0 aliphatic rings. The standard InChI is InChI=1S/C14H28N6O.H2O4S/c1-6-8-15-12-17-13(16-9-7-2)19-14(18-12)20(5)21-10-11(3)4;1-5(2,3)4/h11H,6-10H2,1-5H3,(H2,15,16,17,18,19);(H2,1,2,3,4). The summed E-state index contributed by atoms with van der Waals surface area (Å²) >= 11 is 0. The highest BCUT2D eigenvalue weighted by Gasteiger charge is 2.11. The molecule has 11 nitrogen and oxygen atoms in total. The molecule has 152 valence electrons. The van der Waals surface area contributed by atoms with Crippen molar-refractivity contribution in [3.63, 3.8) is 0 Å². The predicted octanol–water partition coefficient (Wildman–Crippen LogP) is 1.89. The van der Waals surface area contributed by atoms with Gasteiger partial charge < -0.3 is 10.6 Å². The van der Waals surface area contributed by atoms with Crippen LogP contribution in [0.15, 0.2) is 0 Å². The van der Waals surface area contributed by atoms with Gasteiger partial charge >= 0.3 is 10.4 Å². The van der Waals surface area contributed by atoms with Gasteiger partial charge in [0.1, 0.15) is 0 Å². The van der Waals surface area contributed by atoms with Crippen LogP contribution >= 0.6 is 0 Å². The monoisotopic (exact) mass is 394 g/mol. The highest BCUT2D eigenvalue weighted by atomic mass is 32.3. The second-order valence-corrected chi connectivity index (χ2v) is 6.67. The van der Waals surface area contributed by atoms with Crippen molar-refractivity contribution in [1.82, 2.24) is 15.0 Å². The SMILES string of the molecule is CCCNc1nc(NCCC)nc(N(C)OCC(C)C)n1.O=S(=O)(O)O. The molecule has 0 amide bonds. The Balaban J connectivity index is 0.00000110. The lowest BCUT2D eigenvalue weighted by Gasteiger charge is -2.19. The molecular formula is C14H30N6O5S. The number of aromatic nitrogens is 3. The number of nitrogens with zero attached hydrogens (tertiary/aromatic N) is 4. The van der Waals surface area contributed by atoms with Crippen molar-refractivity contribution in [2.75, 3.05) is 42.4 Å². The molecule has 26 heavy (non-hydrogen) atoms. The van der Waals surface area contributed by atoms with E-state index >= 15 is 0 Å². The number of rotatable bonds is 10. The van der Waals surface area contributed by atoms with Crippen LogP contribution < -0.4 is 15.7 Å². The fourth-order valence-corrected chi connectivity index (χ4v) is 1.46. The van der Waals surface area contributed by atoms with E-state index in [0.29, 0.717) is 30.4 Å². The van der Waals surface area contributed by atoms with Crippen molar-refractivity contribution < 1.29 is 22.4 Å². The van der Waals surface area contributed by atoms with Gasteiger partial charge in [-0.3, -0.25) is 13.9 Å². The molecule has 0 unspecified atom stereocenters. The van der Waals surface area contributed by atoms with Crippen molar-refractivity contribution in [3.05, 3.63) is 0 Å². The molecule has 0 aliphatic heterocycles. The Labute approximate surface area is 155 Å². The van der Waals surface area contributed by atoms with Gasteiger partial charge in [-0.1, -0.05) is 27.7 Å². The summed E-state index contributed by atoms with van der Waals surface area (Å²) in [4.78, 5) is 18.8. The molecule has 1 heterocycles. The fourth-order valence-electron chi connectivity index (χ4n) is 1.46. The zero-order valence-corrected chi connectivity index (χ0v) is 16.7. The Morgan fingerprint density at radius 2 is 1.46 bits per heavy atom. The maximum Gasteiger partial charge on any atom is 0.394 e. The maximum atomic E-state index is 8.74. The minimum Gasteiger partial charge on any atom is -0.354 e. The van der Waals surface area contributed by atoms with Crippen molar-refractivity contribution in [3.8, 4) is 0 Å². The first-order valence-corrected chi connectivity index (χ1v) is 9.76. The number of nitrogens with one attached hydrogen (secondary N) is 2. The zero-order valence-electron chi connectivity index (χ0n) is 15.9. The van der Waals surface area contributed by atoms with Gasteiger partial charge in [0.05, 0.1) is 6.61 Å². The van der Waals surface area contributed by atoms with Gasteiger partial charge in [0.2, 0.25) is 11.9 Å². The molecule has 0 saturated heterocycles. The van der Waals surface area contributed by atoms with Crippen molar-refractivity contribution in [1.29, 1.82) is 0 Å². The summed E-state index contributed by atoms with van der Waals surface area (Å²) < 4.78 is 31.6. The van der Waals surface area contributed by atoms with Crippen LogP contribution in [-0.4, -0.2) is 59.2 Å². The third kappa shape index (κ3) is 13.5. The number of anilines is 3. The minimum atomic E-state index is -4.67. The Hall–Kier alpha value is -1.76. The Kier molecular flexibility index (Phi) is 11.7. The van der Waals surface area contributed by atoms with Gasteiger partial charge in [-0.2, -0.15) is 23.4 Å². The fraction of sp³-hybridized carbons (Fsp3) is 0.786. The van der Waals surface area contributed by atoms with Crippen LogP contribution in [0.3, 0.4) is 0 Å². The van der Waals surface area contributed by atoms with E-state index in [1.807, 2.05) is 7.05 Å². The van der Waals surface area contributed by atoms with Crippen LogP contribution in [0.5, 0.6) is 0 Å². The molecule has 1 aromatic rings. The summed E-state index contributed by atoms with van der Waals surface area (Å²) in [6, 6.07) is 0. The van der Waals surface area contributed by atoms with E-state index in [1.165, 1.54) is 0 Å². The van der Waals surface area contributed by atoms with E-state index in [0.717, 1.165) is 25.9 Å². The van der Waals surface area contributed by atoms with Crippen LogP contribution in [0.4, 0.5) is 17.8 Å². The Morgan fingerprint density at radius 1 is 1.04 bits per heavy atom. The molecule has 0 atom stereocenters. The van der Waals surface area contributed by atoms with Crippen LogP contribution in [0, 0.1) is 5.92 Å².